The molecule has 2 unspecified atom stereocenters. The molecule has 0 saturated heterocycles. The van der Waals surface area contributed by atoms with Crippen LogP contribution in [-0.2, 0) is 5.67 Å². The van der Waals surface area contributed by atoms with Gasteiger partial charge in [-0.3, -0.25) is 0 Å². The third-order valence-electron chi connectivity index (χ3n) is 2.73. The van der Waals surface area contributed by atoms with E-state index in [0.717, 1.165) is 12.1 Å². The first kappa shape index (κ1) is 12.9. The summed E-state index contributed by atoms with van der Waals surface area (Å²) in [5.74, 6) is 0. The fourth-order valence-electron chi connectivity index (χ4n) is 1.29. The van der Waals surface area contributed by atoms with Gasteiger partial charge in [0.25, 0.3) is 0 Å². The van der Waals surface area contributed by atoms with Gasteiger partial charge in [-0.15, -0.1) is 0 Å². The average Bonchev–Trinajstić information content (AvgIpc) is 2.17. The van der Waals surface area contributed by atoms with E-state index in [2.05, 4.69) is 0 Å². The molecule has 0 amide bonds. The third-order valence-corrected chi connectivity index (χ3v) is 2.73. The van der Waals surface area contributed by atoms with Gasteiger partial charge in [-0.2, -0.15) is 13.2 Å². The van der Waals surface area contributed by atoms with Crippen LogP contribution in [0.5, 0.6) is 0 Å². The summed E-state index contributed by atoms with van der Waals surface area (Å²) >= 11 is 0. The summed E-state index contributed by atoms with van der Waals surface area (Å²) in [5.41, 5.74) is -7.38. The Balaban J connectivity index is 3.22. The van der Waals surface area contributed by atoms with Crippen molar-refractivity contribution < 1.29 is 22.0 Å². The van der Waals surface area contributed by atoms with E-state index in [4.69, 9.17) is 0 Å². The minimum Gasteiger partial charge on any atom is -0.235 e. The van der Waals surface area contributed by atoms with Gasteiger partial charge in [0.2, 0.25) is 5.67 Å². The SMILES string of the molecule is CC(F)(c1ccccc1)C(C)(F)C(F)(F)F. The lowest BCUT2D eigenvalue weighted by molar-refractivity contribution is -0.266. The van der Waals surface area contributed by atoms with Crippen molar-refractivity contribution >= 4 is 0 Å². The molecule has 2 atom stereocenters. The summed E-state index contributed by atoms with van der Waals surface area (Å²) in [6.07, 6.45) is -5.26. The molecular formula is C11H11F5. The van der Waals surface area contributed by atoms with Gasteiger partial charge in [0.1, 0.15) is 0 Å². The molecule has 0 nitrogen and oxygen atoms in total. The minimum atomic E-state index is -5.26. The Morgan fingerprint density at radius 1 is 0.812 bits per heavy atom. The molecule has 0 aliphatic rings. The number of rotatable bonds is 2. The summed E-state index contributed by atoms with van der Waals surface area (Å²) in [4.78, 5) is 0. The maximum Gasteiger partial charge on any atom is 0.425 e. The standard InChI is InChI=1S/C11H11F5/c1-9(12,8-6-4-3-5-7-8)10(2,13)11(14,15)16/h3-7H,1-2H3. The zero-order valence-corrected chi connectivity index (χ0v) is 8.78. The molecular weight excluding hydrogens is 227 g/mol. The Morgan fingerprint density at radius 2 is 1.25 bits per heavy atom. The molecule has 1 rings (SSSR count). The van der Waals surface area contributed by atoms with Crippen LogP contribution in [0, 0.1) is 0 Å². The molecule has 0 aliphatic heterocycles. The lowest BCUT2D eigenvalue weighted by Crippen LogP contribution is -2.51. The van der Waals surface area contributed by atoms with E-state index in [1.807, 2.05) is 0 Å². The van der Waals surface area contributed by atoms with Crippen LogP contribution in [0.15, 0.2) is 30.3 Å². The van der Waals surface area contributed by atoms with Crippen LogP contribution in [0.3, 0.4) is 0 Å². The van der Waals surface area contributed by atoms with Crippen molar-refractivity contribution in [1.82, 2.24) is 0 Å². The summed E-state index contributed by atoms with van der Waals surface area (Å²) in [7, 11) is 0. The largest absolute Gasteiger partial charge is 0.425 e. The molecule has 0 fully saturated rings. The van der Waals surface area contributed by atoms with Crippen molar-refractivity contribution in [2.45, 2.75) is 31.4 Å². The van der Waals surface area contributed by atoms with Crippen LogP contribution in [-0.4, -0.2) is 11.8 Å². The van der Waals surface area contributed by atoms with Crippen molar-refractivity contribution in [3.8, 4) is 0 Å². The molecule has 0 aliphatic carbocycles. The summed E-state index contributed by atoms with van der Waals surface area (Å²) in [5, 5.41) is 0. The molecule has 0 radical (unpaired) electrons. The highest BCUT2D eigenvalue weighted by Gasteiger charge is 2.64. The van der Waals surface area contributed by atoms with E-state index in [9.17, 15) is 22.0 Å². The normalized spacial score (nSPS) is 19.9. The molecule has 0 bridgehead atoms. The number of hydrogen-bond acceptors (Lipinski definition) is 0. The monoisotopic (exact) mass is 238 g/mol. The lowest BCUT2D eigenvalue weighted by Gasteiger charge is -2.35. The predicted octanol–water partition coefficient (Wildman–Crippen LogP) is 4.16. The maximum atomic E-state index is 14.0. The zero-order valence-electron chi connectivity index (χ0n) is 8.78. The fourth-order valence-corrected chi connectivity index (χ4v) is 1.29. The zero-order chi connectivity index (χ0) is 12.6. The van der Waals surface area contributed by atoms with Crippen LogP contribution in [0.4, 0.5) is 22.0 Å². The van der Waals surface area contributed by atoms with Crippen LogP contribution in [0.2, 0.25) is 0 Å². The average molecular weight is 238 g/mol. The molecule has 90 valence electrons. The molecule has 1 aromatic rings. The highest BCUT2D eigenvalue weighted by Crippen LogP contribution is 2.49. The van der Waals surface area contributed by atoms with Gasteiger partial charge in [-0.1, -0.05) is 30.3 Å². The van der Waals surface area contributed by atoms with Gasteiger partial charge in [0.15, 0.2) is 5.67 Å². The molecule has 1 aromatic carbocycles. The second-order valence-corrected chi connectivity index (χ2v) is 3.87. The highest BCUT2D eigenvalue weighted by molar-refractivity contribution is 5.26. The van der Waals surface area contributed by atoms with Gasteiger partial charge >= 0.3 is 6.18 Å². The second-order valence-electron chi connectivity index (χ2n) is 3.87. The van der Waals surface area contributed by atoms with Gasteiger partial charge < -0.3 is 0 Å². The van der Waals surface area contributed by atoms with E-state index in [1.54, 1.807) is 0 Å². The van der Waals surface area contributed by atoms with Crippen molar-refractivity contribution in [2.75, 3.05) is 0 Å². The van der Waals surface area contributed by atoms with Crippen molar-refractivity contribution in [3.63, 3.8) is 0 Å². The van der Waals surface area contributed by atoms with Crippen LogP contribution >= 0.6 is 0 Å². The Hall–Kier alpha value is -1.13. The Labute approximate surface area is 90.1 Å². The van der Waals surface area contributed by atoms with E-state index in [-0.39, 0.29) is 12.5 Å². The van der Waals surface area contributed by atoms with Crippen molar-refractivity contribution in [2.24, 2.45) is 0 Å². The quantitative estimate of drug-likeness (QED) is 0.678. The van der Waals surface area contributed by atoms with Crippen LogP contribution in [0.1, 0.15) is 19.4 Å². The molecule has 0 N–H and O–H groups in total. The van der Waals surface area contributed by atoms with Gasteiger partial charge in [-0.05, 0) is 19.4 Å². The molecule has 16 heavy (non-hydrogen) atoms. The molecule has 0 saturated carbocycles. The third kappa shape index (κ3) is 1.90. The first-order valence-electron chi connectivity index (χ1n) is 4.61. The van der Waals surface area contributed by atoms with E-state index in [0.29, 0.717) is 6.92 Å². The molecule has 0 aromatic heterocycles. The number of alkyl halides is 5. The van der Waals surface area contributed by atoms with Crippen molar-refractivity contribution in [3.05, 3.63) is 35.9 Å². The maximum absolute atomic E-state index is 14.0. The smallest absolute Gasteiger partial charge is 0.235 e. The topological polar surface area (TPSA) is 0 Å². The number of halogens is 5. The van der Waals surface area contributed by atoms with Crippen LogP contribution < -0.4 is 0 Å². The van der Waals surface area contributed by atoms with E-state index < -0.39 is 17.5 Å². The fraction of sp³-hybridized carbons (Fsp3) is 0.455. The Bertz CT molecular complexity index is 350. The number of hydrogen-bond donors (Lipinski definition) is 0. The molecule has 5 heteroatoms. The molecule has 0 spiro atoms. The first-order valence-corrected chi connectivity index (χ1v) is 4.61. The van der Waals surface area contributed by atoms with E-state index in [1.165, 1.54) is 18.2 Å². The molecule has 0 heterocycles. The van der Waals surface area contributed by atoms with Gasteiger partial charge in [0.05, 0.1) is 0 Å². The Morgan fingerprint density at radius 3 is 1.62 bits per heavy atom. The summed E-state index contributed by atoms with van der Waals surface area (Å²) in [6.45, 7) is 0.801. The summed E-state index contributed by atoms with van der Waals surface area (Å²) < 4.78 is 64.8. The highest BCUT2D eigenvalue weighted by atomic mass is 19.4. The minimum absolute atomic E-state index is 0.208. The van der Waals surface area contributed by atoms with Crippen LogP contribution in [0.25, 0.3) is 0 Å². The van der Waals surface area contributed by atoms with E-state index >= 15 is 0 Å². The summed E-state index contributed by atoms with van der Waals surface area (Å²) in [6, 6.07) is 6.50. The lowest BCUT2D eigenvalue weighted by atomic mass is 9.82. The Kier molecular flexibility index (Phi) is 3.00. The van der Waals surface area contributed by atoms with Crippen molar-refractivity contribution in [1.29, 1.82) is 0 Å². The predicted molar refractivity (Wildman–Crippen MR) is 50.5 cm³/mol. The number of benzene rings is 1. The van der Waals surface area contributed by atoms with Gasteiger partial charge in [0, 0.05) is 0 Å². The second kappa shape index (κ2) is 3.71. The van der Waals surface area contributed by atoms with Gasteiger partial charge in [-0.25, -0.2) is 8.78 Å². The first-order chi connectivity index (χ1) is 7.11.